The van der Waals surface area contributed by atoms with E-state index in [1.54, 1.807) is 33.1 Å². The van der Waals surface area contributed by atoms with Crippen LogP contribution < -0.4 is 20.1 Å². The maximum atomic E-state index is 12.8. The number of rotatable bonds is 9. The molecule has 0 heterocycles. The van der Waals surface area contributed by atoms with Crippen molar-refractivity contribution in [3.8, 4) is 11.5 Å². The monoisotopic (exact) mass is 398 g/mol. The summed E-state index contributed by atoms with van der Waals surface area (Å²) in [6, 6.07) is 14.9. The molecule has 0 aliphatic rings. The second-order valence-corrected chi connectivity index (χ2v) is 7.60. The van der Waals surface area contributed by atoms with E-state index in [0.717, 1.165) is 11.3 Å². The van der Waals surface area contributed by atoms with Crippen LogP contribution in [0.3, 0.4) is 0 Å². The van der Waals surface area contributed by atoms with Gasteiger partial charge in [-0.05, 0) is 63.9 Å². The lowest BCUT2D eigenvalue weighted by atomic mass is 9.90. The minimum absolute atomic E-state index is 0.0256. The molecular weight excluding hydrogens is 368 g/mol. The highest BCUT2D eigenvalue weighted by Gasteiger charge is 2.36. The second-order valence-electron chi connectivity index (χ2n) is 7.60. The molecule has 29 heavy (non-hydrogen) atoms. The summed E-state index contributed by atoms with van der Waals surface area (Å²) in [5.41, 5.74) is 0.392. The van der Waals surface area contributed by atoms with Gasteiger partial charge < -0.3 is 20.1 Å². The third kappa shape index (κ3) is 6.24. The zero-order chi connectivity index (χ0) is 21.4. The van der Waals surface area contributed by atoms with E-state index in [-0.39, 0.29) is 17.9 Å². The molecule has 0 spiro atoms. The maximum Gasteiger partial charge on any atom is 0.239 e. The predicted octanol–water partition coefficient (Wildman–Crippen LogP) is 3.81. The molecule has 6 nitrogen and oxygen atoms in total. The number of carbonyl (C=O) groups is 2. The molecule has 156 valence electrons. The summed E-state index contributed by atoms with van der Waals surface area (Å²) in [7, 11) is 1.62. The van der Waals surface area contributed by atoms with Crippen molar-refractivity contribution in [2.75, 3.05) is 19.0 Å². The quantitative estimate of drug-likeness (QED) is 0.630. The van der Waals surface area contributed by atoms with E-state index in [2.05, 4.69) is 10.6 Å². The zero-order valence-corrected chi connectivity index (χ0v) is 17.7. The number of ether oxygens (including phenoxy) is 2. The smallest absolute Gasteiger partial charge is 0.239 e. The van der Waals surface area contributed by atoms with Crippen molar-refractivity contribution in [1.29, 1.82) is 0 Å². The molecular formula is C23H30N2O4. The van der Waals surface area contributed by atoms with Crippen LogP contribution in [-0.2, 0) is 16.0 Å². The Morgan fingerprint density at radius 2 is 1.66 bits per heavy atom. The van der Waals surface area contributed by atoms with Gasteiger partial charge in [0.2, 0.25) is 11.8 Å². The Balaban J connectivity index is 1.94. The maximum absolute atomic E-state index is 12.8. The molecule has 0 aromatic heterocycles. The van der Waals surface area contributed by atoms with Gasteiger partial charge in [0.1, 0.15) is 16.9 Å². The molecule has 0 saturated carbocycles. The highest BCUT2D eigenvalue weighted by Crippen LogP contribution is 2.27. The van der Waals surface area contributed by atoms with Crippen molar-refractivity contribution in [1.82, 2.24) is 5.32 Å². The van der Waals surface area contributed by atoms with Crippen molar-refractivity contribution in [2.24, 2.45) is 5.41 Å². The Morgan fingerprint density at radius 1 is 1.00 bits per heavy atom. The standard InChI is InChI=1S/C23H30N2O4/c1-16(2)29-20-9-7-6-8-19(20)25-22(27)23(3,4)21(26)24-15-14-17-10-12-18(28-5)13-11-17/h6-13,16H,14-15H2,1-5H3,(H,24,26)(H,25,27). The average Bonchev–Trinajstić information content (AvgIpc) is 2.69. The van der Waals surface area contributed by atoms with Gasteiger partial charge in [-0.25, -0.2) is 0 Å². The summed E-state index contributed by atoms with van der Waals surface area (Å²) >= 11 is 0. The van der Waals surface area contributed by atoms with E-state index < -0.39 is 5.41 Å². The fourth-order valence-electron chi connectivity index (χ4n) is 2.64. The van der Waals surface area contributed by atoms with Crippen LogP contribution in [-0.4, -0.2) is 31.6 Å². The number of carbonyl (C=O) groups excluding carboxylic acids is 2. The summed E-state index contributed by atoms with van der Waals surface area (Å²) in [4.78, 5) is 25.4. The topological polar surface area (TPSA) is 76.7 Å². The van der Waals surface area contributed by atoms with Gasteiger partial charge in [-0.1, -0.05) is 24.3 Å². The van der Waals surface area contributed by atoms with Crippen LogP contribution in [0.2, 0.25) is 0 Å². The van der Waals surface area contributed by atoms with E-state index in [0.29, 0.717) is 24.4 Å². The number of amides is 2. The summed E-state index contributed by atoms with van der Waals surface area (Å²) in [5.74, 6) is 0.647. The van der Waals surface area contributed by atoms with Crippen LogP contribution in [0.5, 0.6) is 11.5 Å². The number of hydrogen-bond donors (Lipinski definition) is 2. The molecule has 6 heteroatoms. The Kier molecular flexibility index (Phi) is 7.65. The van der Waals surface area contributed by atoms with Gasteiger partial charge >= 0.3 is 0 Å². The zero-order valence-electron chi connectivity index (χ0n) is 17.7. The molecule has 0 bridgehead atoms. The number of methoxy groups -OCH3 is 1. The first-order valence-corrected chi connectivity index (χ1v) is 9.72. The minimum atomic E-state index is -1.23. The lowest BCUT2D eigenvalue weighted by Crippen LogP contribution is -2.45. The van der Waals surface area contributed by atoms with Gasteiger partial charge in [-0.3, -0.25) is 9.59 Å². The van der Waals surface area contributed by atoms with Crippen LogP contribution in [0.15, 0.2) is 48.5 Å². The molecule has 2 aromatic rings. The predicted molar refractivity (Wildman–Crippen MR) is 114 cm³/mol. The van der Waals surface area contributed by atoms with Crippen LogP contribution in [0.4, 0.5) is 5.69 Å². The van der Waals surface area contributed by atoms with E-state index in [1.165, 1.54) is 0 Å². The fourth-order valence-corrected chi connectivity index (χ4v) is 2.64. The van der Waals surface area contributed by atoms with Crippen LogP contribution >= 0.6 is 0 Å². The molecule has 0 aliphatic carbocycles. The Bertz CT molecular complexity index is 829. The number of hydrogen-bond acceptors (Lipinski definition) is 4. The molecule has 0 radical (unpaired) electrons. The Morgan fingerprint density at radius 3 is 2.28 bits per heavy atom. The van der Waals surface area contributed by atoms with Crippen LogP contribution in [0.25, 0.3) is 0 Å². The highest BCUT2D eigenvalue weighted by atomic mass is 16.5. The van der Waals surface area contributed by atoms with Crippen molar-refractivity contribution >= 4 is 17.5 Å². The Hall–Kier alpha value is -3.02. The molecule has 0 saturated heterocycles. The summed E-state index contributed by atoms with van der Waals surface area (Å²) in [5, 5.41) is 5.67. The van der Waals surface area contributed by atoms with E-state index in [4.69, 9.17) is 9.47 Å². The lowest BCUT2D eigenvalue weighted by molar-refractivity contribution is -0.138. The highest BCUT2D eigenvalue weighted by molar-refractivity contribution is 6.10. The Labute approximate surface area is 172 Å². The van der Waals surface area contributed by atoms with Crippen molar-refractivity contribution in [3.05, 3.63) is 54.1 Å². The first-order valence-electron chi connectivity index (χ1n) is 9.72. The summed E-state index contributed by atoms with van der Waals surface area (Å²) < 4.78 is 10.9. The van der Waals surface area contributed by atoms with Gasteiger partial charge in [0.25, 0.3) is 0 Å². The normalized spacial score (nSPS) is 11.1. The van der Waals surface area contributed by atoms with Gasteiger partial charge in [0.05, 0.1) is 18.9 Å². The summed E-state index contributed by atoms with van der Waals surface area (Å²) in [6.07, 6.45) is 0.640. The number of para-hydroxylation sites is 2. The van der Waals surface area contributed by atoms with Crippen LogP contribution in [0, 0.1) is 5.41 Å². The van der Waals surface area contributed by atoms with E-state index in [1.807, 2.05) is 50.2 Å². The van der Waals surface area contributed by atoms with Gasteiger partial charge in [-0.2, -0.15) is 0 Å². The van der Waals surface area contributed by atoms with Crippen molar-refractivity contribution < 1.29 is 19.1 Å². The van der Waals surface area contributed by atoms with Crippen molar-refractivity contribution in [3.63, 3.8) is 0 Å². The first-order chi connectivity index (χ1) is 13.7. The fraction of sp³-hybridized carbons (Fsp3) is 0.391. The largest absolute Gasteiger partial charge is 0.497 e. The molecule has 0 aliphatic heterocycles. The molecule has 0 unspecified atom stereocenters. The lowest BCUT2D eigenvalue weighted by Gasteiger charge is -2.24. The third-order valence-electron chi connectivity index (χ3n) is 4.49. The summed E-state index contributed by atoms with van der Waals surface area (Å²) in [6.45, 7) is 7.49. The molecule has 2 aromatic carbocycles. The molecule has 0 fully saturated rings. The number of nitrogens with one attached hydrogen (secondary N) is 2. The number of benzene rings is 2. The molecule has 2 rings (SSSR count). The van der Waals surface area contributed by atoms with Gasteiger partial charge in [0, 0.05) is 6.54 Å². The van der Waals surface area contributed by atoms with Crippen molar-refractivity contribution in [2.45, 2.75) is 40.2 Å². The first kappa shape index (κ1) is 22.3. The second kappa shape index (κ2) is 9.96. The average molecular weight is 399 g/mol. The molecule has 2 amide bonds. The third-order valence-corrected chi connectivity index (χ3v) is 4.49. The van der Waals surface area contributed by atoms with Gasteiger partial charge in [0.15, 0.2) is 0 Å². The number of anilines is 1. The van der Waals surface area contributed by atoms with Crippen LogP contribution in [0.1, 0.15) is 33.3 Å². The SMILES string of the molecule is COc1ccc(CCNC(=O)C(C)(C)C(=O)Nc2ccccc2OC(C)C)cc1. The molecule has 0 atom stereocenters. The minimum Gasteiger partial charge on any atom is -0.497 e. The van der Waals surface area contributed by atoms with E-state index in [9.17, 15) is 9.59 Å². The van der Waals surface area contributed by atoms with Gasteiger partial charge in [-0.15, -0.1) is 0 Å². The molecule has 2 N–H and O–H groups in total. The van der Waals surface area contributed by atoms with E-state index >= 15 is 0 Å².